The molecule has 0 heterocycles. The average Bonchev–Trinajstić information content (AvgIpc) is 2.66. The number of hydrogen-bond acceptors (Lipinski definition) is 5. The summed E-state index contributed by atoms with van der Waals surface area (Å²) in [6.07, 6.45) is 1.08. The van der Waals surface area contributed by atoms with Gasteiger partial charge in [0.15, 0.2) is 0 Å². The number of sulfonamides is 1. The molecular weight excluding hydrogens is 380 g/mol. The van der Waals surface area contributed by atoms with Gasteiger partial charge in [-0.3, -0.25) is 9.10 Å². The second-order valence-electron chi connectivity index (χ2n) is 6.30. The van der Waals surface area contributed by atoms with Gasteiger partial charge >= 0.3 is 0 Å². The van der Waals surface area contributed by atoms with Gasteiger partial charge in [0.25, 0.3) is 0 Å². The zero-order chi connectivity index (χ0) is 20.7. The van der Waals surface area contributed by atoms with Crippen molar-refractivity contribution < 1.29 is 22.7 Å². The van der Waals surface area contributed by atoms with E-state index in [2.05, 4.69) is 0 Å². The lowest BCUT2D eigenvalue weighted by atomic mass is 10.2. The van der Waals surface area contributed by atoms with Crippen LogP contribution in [0, 0.1) is 0 Å². The third-order valence-electron chi connectivity index (χ3n) is 4.10. The van der Waals surface area contributed by atoms with Gasteiger partial charge in [-0.25, -0.2) is 8.42 Å². The fourth-order valence-electron chi connectivity index (χ4n) is 2.63. The van der Waals surface area contributed by atoms with Crippen LogP contribution in [-0.4, -0.2) is 52.8 Å². The Morgan fingerprint density at radius 1 is 1.07 bits per heavy atom. The van der Waals surface area contributed by atoms with E-state index < -0.39 is 10.0 Å². The van der Waals surface area contributed by atoms with Crippen molar-refractivity contribution in [3.05, 3.63) is 54.1 Å². The van der Waals surface area contributed by atoms with Crippen molar-refractivity contribution in [3.8, 4) is 11.5 Å². The molecule has 28 heavy (non-hydrogen) atoms. The standard InChI is InChI=1S/C20H26N2O5S/c1-5-27-19-8-6-7-17(13-19)22(28(4,24)25)15-20(23)21(2)14-16-9-11-18(26-3)12-10-16/h6-13H,5,14-15H2,1-4H3. The smallest absolute Gasteiger partial charge is 0.243 e. The first-order chi connectivity index (χ1) is 13.2. The molecule has 2 aromatic rings. The predicted molar refractivity (Wildman–Crippen MR) is 109 cm³/mol. The minimum Gasteiger partial charge on any atom is -0.497 e. The summed E-state index contributed by atoms with van der Waals surface area (Å²) in [5, 5.41) is 0. The molecule has 2 rings (SSSR count). The molecule has 7 nitrogen and oxygen atoms in total. The lowest BCUT2D eigenvalue weighted by molar-refractivity contribution is -0.128. The third-order valence-corrected chi connectivity index (χ3v) is 5.24. The van der Waals surface area contributed by atoms with E-state index >= 15 is 0 Å². The molecule has 8 heteroatoms. The molecule has 2 aromatic carbocycles. The van der Waals surface area contributed by atoms with Crippen molar-refractivity contribution in [2.75, 3.05) is 37.9 Å². The summed E-state index contributed by atoms with van der Waals surface area (Å²) in [7, 11) is -0.416. The number of nitrogens with zero attached hydrogens (tertiary/aromatic N) is 2. The fourth-order valence-corrected chi connectivity index (χ4v) is 3.47. The predicted octanol–water partition coefficient (Wildman–Crippen LogP) is 2.52. The zero-order valence-corrected chi connectivity index (χ0v) is 17.4. The number of carbonyl (C=O) groups is 1. The van der Waals surface area contributed by atoms with E-state index in [1.54, 1.807) is 38.4 Å². The number of hydrogen-bond donors (Lipinski definition) is 0. The van der Waals surface area contributed by atoms with Gasteiger partial charge in [0.05, 0.1) is 25.7 Å². The highest BCUT2D eigenvalue weighted by Gasteiger charge is 2.23. The van der Waals surface area contributed by atoms with E-state index in [0.29, 0.717) is 24.6 Å². The van der Waals surface area contributed by atoms with Gasteiger partial charge in [-0.05, 0) is 36.8 Å². The van der Waals surface area contributed by atoms with E-state index in [1.807, 2.05) is 31.2 Å². The first-order valence-corrected chi connectivity index (χ1v) is 10.7. The number of amides is 1. The van der Waals surface area contributed by atoms with Crippen LogP contribution in [0.2, 0.25) is 0 Å². The molecule has 0 saturated heterocycles. The Bertz CT molecular complexity index is 897. The van der Waals surface area contributed by atoms with E-state index in [0.717, 1.165) is 21.9 Å². The Morgan fingerprint density at radius 2 is 1.75 bits per heavy atom. The van der Waals surface area contributed by atoms with E-state index in [9.17, 15) is 13.2 Å². The van der Waals surface area contributed by atoms with Crippen LogP contribution in [0.15, 0.2) is 48.5 Å². The second kappa shape index (κ2) is 9.45. The molecule has 0 spiro atoms. The van der Waals surface area contributed by atoms with Gasteiger partial charge in [-0.1, -0.05) is 18.2 Å². The van der Waals surface area contributed by atoms with Crippen molar-refractivity contribution in [2.45, 2.75) is 13.5 Å². The number of carbonyl (C=O) groups excluding carboxylic acids is 1. The SMILES string of the molecule is CCOc1cccc(N(CC(=O)N(C)Cc2ccc(OC)cc2)S(C)(=O)=O)c1. The van der Waals surface area contributed by atoms with Crippen molar-refractivity contribution in [1.29, 1.82) is 0 Å². The van der Waals surface area contributed by atoms with Crippen molar-refractivity contribution in [3.63, 3.8) is 0 Å². The Hall–Kier alpha value is -2.74. The number of benzene rings is 2. The number of ether oxygens (including phenoxy) is 2. The van der Waals surface area contributed by atoms with Crippen LogP contribution in [-0.2, 0) is 21.4 Å². The summed E-state index contributed by atoms with van der Waals surface area (Å²) in [5.74, 6) is 0.964. The lowest BCUT2D eigenvalue weighted by Gasteiger charge is -2.25. The van der Waals surface area contributed by atoms with Crippen LogP contribution >= 0.6 is 0 Å². The number of rotatable bonds is 9. The first kappa shape index (κ1) is 21.6. The van der Waals surface area contributed by atoms with Gasteiger partial charge in [-0.15, -0.1) is 0 Å². The molecule has 0 N–H and O–H groups in total. The Labute approximate surface area is 166 Å². The molecule has 0 aliphatic rings. The Balaban J connectivity index is 2.15. The lowest BCUT2D eigenvalue weighted by Crippen LogP contribution is -2.41. The number of anilines is 1. The van der Waals surface area contributed by atoms with Crippen LogP contribution in [0.3, 0.4) is 0 Å². The third kappa shape index (κ3) is 5.88. The van der Waals surface area contributed by atoms with Crippen molar-refractivity contribution >= 4 is 21.6 Å². The summed E-state index contributed by atoms with van der Waals surface area (Å²) in [5.41, 5.74) is 1.31. The molecule has 0 saturated carbocycles. The maximum absolute atomic E-state index is 12.7. The number of methoxy groups -OCH3 is 1. The van der Waals surface area contributed by atoms with Gasteiger partial charge in [0.2, 0.25) is 15.9 Å². The second-order valence-corrected chi connectivity index (χ2v) is 8.20. The van der Waals surface area contributed by atoms with E-state index in [1.165, 1.54) is 4.90 Å². The molecule has 0 aliphatic carbocycles. The van der Waals surface area contributed by atoms with Gasteiger partial charge in [-0.2, -0.15) is 0 Å². The summed E-state index contributed by atoms with van der Waals surface area (Å²) < 4.78 is 36.2. The fraction of sp³-hybridized carbons (Fsp3) is 0.350. The summed E-state index contributed by atoms with van der Waals surface area (Å²) in [4.78, 5) is 14.2. The Kier molecular flexibility index (Phi) is 7.28. The molecule has 0 radical (unpaired) electrons. The molecule has 0 bridgehead atoms. The van der Waals surface area contributed by atoms with Crippen molar-refractivity contribution in [1.82, 2.24) is 4.90 Å². The average molecular weight is 407 g/mol. The molecule has 1 amide bonds. The Morgan fingerprint density at radius 3 is 2.32 bits per heavy atom. The minimum absolute atomic E-state index is 0.291. The number of likely N-dealkylation sites (N-methyl/N-ethyl adjacent to an activating group) is 1. The summed E-state index contributed by atoms with van der Waals surface area (Å²) >= 11 is 0. The summed E-state index contributed by atoms with van der Waals surface area (Å²) in [6.45, 7) is 2.38. The summed E-state index contributed by atoms with van der Waals surface area (Å²) in [6, 6.07) is 14.0. The molecular formula is C20H26N2O5S. The topological polar surface area (TPSA) is 76.2 Å². The first-order valence-electron chi connectivity index (χ1n) is 8.82. The monoisotopic (exact) mass is 406 g/mol. The maximum atomic E-state index is 12.7. The maximum Gasteiger partial charge on any atom is 0.243 e. The van der Waals surface area contributed by atoms with Gasteiger partial charge < -0.3 is 14.4 Å². The highest BCUT2D eigenvalue weighted by atomic mass is 32.2. The highest BCUT2D eigenvalue weighted by Crippen LogP contribution is 2.23. The zero-order valence-electron chi connectivity index (χ0n) is 16.6. The molecule has 152 valence electrons. The largest absolute Gasteiger partial charge is 0.497 e. The van der Waals surface area contributed by atoms with Crippen LogP contribution in [0.1, 0.15) is 12.5 Å². The van der Waals surface area contributed by atoms with Crippen LogP contribution in [0.25, 0.3) is 0 Å². The molecule has 0 unspecified atom stereocenters. The normalized spacial score (nSPS) is 11.0. The van der Waals surface area contributed by atoms with E-state index in [-0.39, 0.29) is 12.5 Å². The quantitative estimate of drug-likeness (QED) is 0.640. The highest BCUT2D eigenvalue weighted by molar-refractivity contribution is 7.92. The molecule has 0 aliphatic heterocycles. The molecule has 0 fully saturated rings. The van der Waals surface area contributed by atoms with E-state index in [4.69, 9.17) is 9.47 Å². The van der Waals surface area contributed by atoms with Gasteiger partial charge in [0, 0.05) is 19.7 Å². The van der Waals surface area contributed by atoms with Crippen molar-refractivity contribution in [2.24, 2.45) is 0 Å². The van der Waals surface area contributed by atoms with Crippen LogP contribution in [0.5, 0.6) is 11.5 Å². The van der Waals surface area contributed by atoms with Crippen LogP contribution in [0.4, 0.5) is 5.69 Å². The molecule has 0 aromatic heterocycles. The minimum atomic E-state index is -3.65. The van der Waals surface area contributed by atoms with Crippen LogP contribution < -0.4 is 13.8 Å². The van der Waals surface area contributed by atoms with Gasteiger partial charge in [0.1, 0.15) is 18.0 Å². The molecule has 0 atom stereocenters.